The van der Waals surface area contributed by atoms with Gasteiger partial charge in [0.15, 0.2) is 0 Å². The van der Waals surface area contributed by atoms with Crippen molar-refractivity contribution in [3.63, 3.8) is 0 Å². The number of carbonyl (C=O) groups excluding carboxylic acids is 2. The smallest absolute Gasteiger partial charge is 0.243 e. The summed E-state index contributed by atoms with van der Waals surface area (Å²) in [6.45, 7) is 4.79. The van der Waals surface area contributed by atoms with E-state index in [4.69, 9.17) is 8.83 Å². The van der Waals surface area contributed by atoms with Crippen molar-refractivity contribution in [3.05, 3.63) is 77.6 Å². The topological polar surface area (TPSA) is 87.7 Å². The molecule has 0 aliphatic heterocycles. The van der Waals surface area contributed by atoms with E-state index in [1.807, 2.05) is 49.1 Å². The molecule has 0 saturated heterocycles. The summed E-state index contributed by atoms with van der Waals surface area (Å²) in [5.41, 5.74) is 2.74. The molecular weight excluding hydrogens is 370 g/mol. The molecule has 0 aliphatic rings. The maximum atomic E-state index is 12.4. The van der Waals surface area contributed by atoms with Crippen LogP contribution in [0.5, 0.6) is 0 Å². The lowest BCUT2D eigenvalue weighted by atomic mass is 10.1. The number of aryl methyl sites for hydroxylation is 2. The van der Waals surface area contributed by atoms with Crippen LogP contribution in [0.1, 0.15) is 22.6 Å². The summed E-state index contributed by atoms with van der Waals surface area (Å²) in [5.74, 6) is 0.980. The molecule has 2 aromatic heterocycles. The van der Waals surface area contributed by atoms with Crippen molar-refractivity contribution in [1.82, 2.24) is 10.2 Å². The first-order valence-electron chi connectivity index (χ1n) is 9.41. The fourth-order valence-electron chi connectivity index (χ4n) is 3.05. The molecule has 2 heterocycles. The van der Waals surface area contributed by atoms with Crippen molar-refractivity contribution >= 4 is 17.5 Å². The summed E-state index contributed by atoms with van der Waals surface area (Å²) in [5, 5.41) is 5.54. The van der Waals surface area contributed by atoms with Crippen LogP contribution in [0.15, 0.2) is 63.8 Å². The second-order valence-corrected chi connectivity index (χ2v) is 6.90. The van der Waals surface area contributed by atoms with Crippen LogP contribution in [0, 0.1) is 13.8 Å². The van der Waals surface area contributed by atoms with Crippen LogP contribution in [-0.2, 0) is 22.7 Å². The van der Waals surface area contributed by atoms with Gasteiger partial charge in [-0.15, -0.1) is 0 Å². The summed E-state index contributed by atoms with van der Waals surface area (Å²) >= 11 is 0. The summed E-state index contributed by atoms with van der Waals surface area (Å²) in [6, 6.07) is 13.1. The van der Waals surface area contributed by atoms with E-state index in [1.165, 1.54) is 0 Å². The Labute approximate surface area is 169 Å². The van der Waals surface area contributed by atoms with Gasteiger partial charge in [0.2, 0.25) is 11.8 Å². The zero-order chi connectivity index (χ0) is 20.6. The Balaban J connectivity index is 1.53. The highest BCUT2D eigenvalue weighted by atomic mass is 16.3. The van der Waals surface area contributed by atoms with E-state index >= 15 is 0 Å². The molecule has 0 saturated carbocycles. The largest absolute Gasteiger partial charge is 0.468 e. The van der Waals surface area contributed by atoms with Crippen LogP contribution in [0.4, 0.5) is 5.69 Å². The number of nitrogens with one attached hydrogen (secondary N) is 2. The van der Waals surface area contributed by atoms with Gasteiger partial charge in [-0.1, -0.05) is 18.2 Å². The molecule has 7 heteroatoms. The minimum Gasteiger partial charge on any atom is -0.468 e. The van der Waals surface area contributed by atoms with E-state index in [0.717, 1.165) is 28.3 Å². The zero-order valence-corrected chi connectivity index (χ0v) is 16.6. The number of anilines is 1. The molecule has 7 nitrogen and oxygen atoms in total. The molecule has 29 heavy (non-hydrogen) atoms. The van der Waals surface area contributed by atoms with Gasteiger partial charge >= 0.3 is 0 Å². The van der Waals surface area contributed by atoms with Gasteiger partial charge in [-0.25, -0.2) is 0 Å². The minimum absolute atomic E-state index is 0.0953. The number of hydrogen-bond donors (Lipinski definition) is 2. The van der Waals surface area contributed by atoms with Crippen LogP contribution in [0.25, 0.3) is 0 Å². The molecule has 0 aliphatic carbocycles. The van der Waals surface area contributed by atoms with Crippen LogP contribution in [0.3, 0.4) is 0 Å². The van der Waals surface area contributed by atoms with E-state index in [0.29, 0.717) is 13.1 Å². The summed E-state index contributed by atoms with van der Waals surface area (Å²) in [6.07, 6.45) is 3.19. The Bertz CT molecular complexity index is 877. The highest BCUT2D eigenvalue weighted by molar-refractivity contribution is 5.95. The van der Waals surface area contributed by atoms with Crippen LogP contribution in [0.2, 0.25) is 0 Å². The lowest BCUT2D eigenvalue weighted by Crippen LogP contribution is -2.40. The van der Waals surface area contributed by atoms with E-state index in [2.05, 4.69) is 10.6 Å². The molecular formula is C22H25N3O4. The van der Waals surface area contributed by atoms with Crippen LogP contribution < -0.4 is 10.6 Å². The molecule has 0 fully saturated rings. The predicted molar refractivity (Wildman–Crippen MR) is 109 cm³/mol. The molecule has 0 spiro atoms. The molecule has 0 radical (unpaired) electrons. The molecule has 3 aromatic rings. The number of amides is 2. The molecule has 2 amide bonds. The molecule has 0 atom stereocenters. The quantitative estimate of drug-likeness (QED) is 0.581. The predicted octanol–water partition coefficient (Wildman–Crippen LogP) is 3.25. The SMILES string of the molecule is Cc1cccc(C)c1NC(=O)CNC(=O)CN(Cc1ccco1)Cc1ccco1. The summed E-state index contributed by atoms with van der Waals surface area (Å²) in [7, 11) is 0. The maximum absolute atomic E-state index is 12.4. The molecule has 152 valence electrons. The van der Waals surface area contributed by atoms with Crippen molar-refractivity contribution in [2.75, 3.05) is 18.4 Å². The van der Waals surface area contributed by atoms with E-state index in [-0.39, 0.29) is 24.9 Å². The molecule has 1 aromatic carbocycles. The van der Waals surface area contributed by atoms with Gasteiger partial charge in [0.25, 0.3) is 0 Å². The van der Waals surface area contributed by atoms with Crippen molar-refractivity contribution in [2.45, 2.75) is 26.9 Å². The minimum atomic E-state index is -0.264. The third kappa shape index (κ3) is 6.08. The third-order valence-electron chi connectivity index (χ3n) is 4.48. The average molecular weight is 395 g/mol. The van der Waals surface area contributed by atoms with Gasteiger partial charge in [0.1, 0.15) is 11.5 Å². The Kier molecular flexibility index (Phi) is 6.86. The van der Waals surface area contributed by atoms with Gasteiger partial charge in [0, 0.05) is 5.69 Å². The van der Waals surface area contributed by atoms with Crippen molar-refractivity contribution in [2.24, 2.45) is 0 Å². The van der Waals surface area contributed by atoms with Crippen molar-refractivity contribution in [1.29, 1.82) is 0 Å². The first-order chi connectivity index (χ1) is 14.0. The second kappa shape index (κ2) is 9.75. The number of benzene rings is 1. The number of nitrogens with zero attached hydrogens (tertiary/aromatic N) is 1. The Morgan fingerprint density at radius 2 is 1.45 bits per heavy atom. The number of hydrogen-bond acceptors (Lipinski definition) is 5. The highest BCUT2D eigenvalue weighted by Gasteiger charge is 2.16. The van der Waals surface area contributed by atoms with Crippen LogP contribution in [-0.4, -0.2) is 29.8 Å². The maximum Gasteiger partial charge on any atom is 0.243 e. The molecule has 2 N–H and O–H groups in total. The third-order valence-corrected chi connectivity index (χ3v) is 4.48. The van der Waals surface area contributed by atoms with E-state index in [9.17, 15) is 9.59 Å². The number of carbonyl (C=O) groups is 2. The molecule has 3 rings (SSSR count). The van der Waals surface area contributed by atoms with E-state index in [1.54, 1.807) is 24.7 Å². The van der Waals surface area contributed by atoms with Gasteiger partial charge < -0.3 is 19.5 Å². The van der Waals surface area contributed by atoms with Crippen molar-refractivity contribution < 1.29 is 18.4 Å². The number of furan rings is 2. The lowest BCUT2D eigenvalue weighted by Gasteiger charge is -2.19. The van der Waals surface area contributed by atoms with Gasteiger partial charge in [-0.3, -0.25) is 14.5 Å². The number of para-hydroxylation sites is 1. The Morgan fingerprint density at radius 3 is 1.97 bits per heavy atom. The molecule has 0 bridgehead atoms. The summed E-state index contributed by atoms with van der Waals surface area (Å²) in [4.78, 5) is 26.5. The Morgan fingerprint density at radius 1 is 0.862 bits per heavy atom. The zero-order valence-electron chi connectivity index (χ0n) is 16.6. The first-order valence-corrected chi connectivity index (χ1v) is 9.41. The molecule has 0 unspecified atom stereocenters. The normalized spacial score (nSPS) is 10.9. The Hall–Kier alpha value is -3.32. The summed E-state index contributed by atoms with van der Waals surface area (Å²) < 4.78 is 10.8. The number of rotatable bonds is 9. The lowest BCUT2D eigenvalue weighted by molar-refractivity contribution is -0.125. The average Bonchev–Trinajstić information content (AvgIpc) is 3.37. The fraction of sp³-hybridized carbons (Fsp3) is 0.273. The second-order valence-electron chi connectivity index (χ2n) is 6.90. The van der Waals surface area contributed by atoms with Gasteiger partial charge in [-0.05, 0) is 49.2 Å². The van der Waals surface area contributed by atoms with Gasteiger partial charge in [-0.2, -0.15) is 0 Å². The highest BCUT2D eigenvalue weighted by Crippen LogP contribution is 2.19. The van der Waals surface area contributed by atoms with E-state index < -0.39 is 0 Å². The fourth-order valence-corrected chi connectivity index (χ4v) is 3.05. The van der Waals surface area contributed by atoms with Gasteiger partial charge in [0.05, 0.1) is 38.7 Å². The monoisotopic (exact) mass is 395 g/mol. The van der Waals surface area contributed by atoms with Crippen LogP contribution >= 0.6 is 0 Å². The first kappa shape index (κ1) is 20.4. The standard InChI is InChI=1S/C22H25N3O4/c1-16-6-3-7-17(2)22(16)24-20(26)12-23-21(27)15-25(13-18-8-4-10-28-18)14-19-9-5-11-29-19/h3-11H,12-15H2,1-2H3,(H,23,27)(H,24,26). The van der Waals surface area contributed by atoms with Crippen molar-refractivity contribution in [3.8, 4) is 0 Å².